The summed E-state index contributed by atoms with van der Waals surface area (Å²) in [4.78, 5) is 4.05. The van der Waals surface area contributed by atoms with Crippen LogP contribution in [0.2, 0.25) is 0 Å². The second kappa shape index (κ2) is 6.52. The second-order valence-corrected chi connectivity index (χ2v) is 5.09. The standard InChI is InChI=1S/C14H23N5/c1-4-13(3)19-7-5-14(17-19)9-16-12(2)10-18-8-6-15-11-18/h5-8,11-13,16H,4,9-10H2,1-3H3. The monoisotopic (exact) mass is 261 g/mol. The van der Waals surface area contributed by atoms with Gasteiger partial charge in [-0.2, -0.15) is 5.10 Å². The highest BCUT2D eigenvalue weighted by Gasteiger charge is 2.06. The Labute approximate surface area is 114 Å². The van der Waals surface area contributed by atoms with Crippen LogP contribution in [0.4, 0.5) is 0 Å². The molecule has 2 aromatic rings. The average Bonchev–Trinajstić information content (AvgIpc) is 3.06. The van der Waals surface area contributed by atoms with Gasteiger partial charge in [-0.25, -0.2) is 4.98 Å². The zero-order valence-electron chi connectivity index (χ0n) is 12.0. The third kappa shape index (κ3) is 3.92. The highest BCUT2D eigenvalue weighted by Crippen LogP contribution is 2.09. The fraction of sp³-hybridized carbons (Fsp3) is 0.571. The van der Waals surface area contributed by atoms with E-state index in [9.17, 15) is 0 Å². The molecule has 0 amide bonds. The third-order valence-corrected chi connectivity index (χ3v) is 3.38. The summed E-state index contributed by atoms with van der Waals surface area (Å²) in [6.07, 6.45) is 8.80. The van der Waals surface area contributed by atoms with E-state index in [1.807, 2.05) is 17.2 Å². The molecule has 2 unspecified atom stereocenters. The highest BCUT2D eigenvalue weighted by atomic mass is 15.3. The molecule has 0 saturated heterocycles. The number of nitrogens with zero attached hydrogens (tertiary/aromatic N) is 4. The van der Waals surface area contributed by atoms with Crippen molar-refractivity contribution in [1.82, 2.24) is 24.6 Å². The first-order chi connectivity index (χ1) is 9.19. The van der Waals surface area contributed by atoms with Crippen LogP contribution in [0.5, 0.6) is 0 Å². The second-order valence-electron chi connectivity index (χ2n) is 5.09. The first kappa shape index (κ1) is 13.8. The van der Waals surface area contributed by atoms with Crippen molar-refractivity contribution in [1.29, 1.82) is 0 Å². The van der Waals surface area contributed by atoms with Crippen molar-refractivity contribution >= 4 is 0 Å². The van der Waals surface area contributed by atoms with Crippen molar-refractivity contribution in [3.8, 4) is 0 Å². The molecule has 0 aliphatic rings. The molecule has 104 valence electrons. The van der Waals surface area contributed by atoms with Gasteiger partial charge in [0.2, 0.25) is 0 Å². The number of imidazole rings is 1. The van der Waals surface area contributed by atoms with Crippen LogP contribution in [0.25, 0.3) is 0 Å². The topological polar surface area (TPSA) is 47.7 Å². The maximum atomic E-state index is 4.59. The SMILES string of the molecule is CCC(C)n1ccc(CNC(C)Cn2ccnc2)n1. The van der Waals surface area contributed by atoms with Gasteiger partial charge in [-0.15, -0.1) is 0 Å². The van der Waals surface area contributed by atoms with Gasteiger partial charge in [-0.05, 0) is 26.3 Å². The summed E-state index contributed by atoms with van der Waals surface area (Å²) in [5, 5.41) is 8.07. The van der Waals surface area contributed by atoms with Gasteiger partial charge in [-0.1, -0.05) is 6.92 Å². The van der Waals surface area contributed by atoms with Crippen molar-refractivity contribution in [2.24, 2.45) is 0 Å². The molecule has 0 aliphatic carbocycles. The first-order valence-corrected chi connectivity index (χ1v) is 6.92. The lowest BCUT2D eigenvalue weighted by Gasteiger charge is -2.13. The Balaban J connectivity index is 1.80. The number of hydrogen-bond acceptors (Lipinski definition) is 3. The van der Waals surface area contributed by atoms with Crippen LogP contribution in [0.3, 0.4) is 0 Å². The summed E-state index contributed by atoms with van der Waals surface area (Å²) in [5.74, 6) is 0. The molecule has 0 aliphatic heterocycles. The van der Waals surface area contributed by atoms with Gasteiger partial charge in [0, 0.05) is 43.8 Å². The Bertz CT molecular complexity index is 474. The van der Waals surface area contributed by atoms with Crippen molar-refractivity contribution in [2.75, 3.05) is 0 Å². The van der Waals surface area contributed by atoms with Crippen LogP contribution < -0.4 is 5.32 Å². The Morgan fingerprint density at radius 1 is 1.32 bits per heavy atom. The largest absolute Gasteiger partial charge is 0.336 e. The van der Waals surface area contributed by atoms with E-state index < -0.39 is 0 Å². The molecule has 0 aromatic carbocycles. The van der Waals surface area contributed by atoms with Gasteiger partial charge in [0.1, 0.15) is 0 Å². The fourth-order valence-corrected chi connectivity index (χ4v) is 1.96. The molecule has 19 heavy (non-hydrogen) atoms. The quantitative estimate of drug-likeness (QED) is 0.831. The lowest BCUT2D eigenvalue weighted by atomic mass is 10.3. The molecule has 5 nitrogen and oxygen atoms in total. The van der Waals surface area contributed by atoms with Crippen LogP contribution in [0, 0.1) is 0 Å². The molecule has 0 bridgehead atoms. The number of aromatic nitrogens is 4. The Hall–Kier alpha value is -1.62. The molecule has 5 heteroatoms. The summed E-state index contributed by atoms with van der Waals surface area (Å²) < 4.78 is 4.12. The number of hydrogen-bond donors (Lipinski definition) is 1. The first-order valence-electron chi connectivity index (χ1n) is 6.92. The predicted octanol–water partition coefficient (Wildman–Crippen LogP) is 2.23. The summed E-state index contributed by atoms with van der Waals surface area (Å²) >= 11 is 0. The molecule has 1 N–H and O–H groups in total. The maximum absolute atomic E-state index is 4.59. The number of rotatable bonds is 7. The van der Waals surface area contributed by atoms with E-state index >= 15 is 0 Å². The molecule has 0 radical (unpaired) electrons. The molecule has 2 heterocycles. The molecular formula is C14H23N5. The van der Waals surface area contributed by atoms with E-state index in [0.717, 1.165) is 25.2 Å². The highest BCUT2D eigenvalue weighted by molar-refractivity contribution is 4.99. The zero-order valence-corrected chi connectivity index (χ0v) is 12.0. The molecule has 2 rings (SSSR count). The van der Waals surface area contributed by atoms with Gasteiger partial charge in [0.25, 0.3) is 0 Å². The summed E-state index contributed by atoms with van der Waals surface area (Å²) in [5.41, 5.74) is 1.10. The van der Waals surface area contributed by atoms with Crippen LogP contribution in [-0.2, 0) is 13.1 Å². The molecular weight excluding hydrogens is 238 g/mol. The smallest absolute Gasteiger partial charge is 0.0946 e. The zero-order chi connectivity index (χ0) is 13.7. The molecule has 0 spiro atoms. The normalized spacial score (nSPS) is 14.5. The fourth-order valence-electron chi connectivity index (χ4n) is 1.96. The van der Waals surface area contributed by atoms with Gasteiger partial charge in [-0.3, -0.25) is 4.68 Å². The minimum absolute atomic E-state index is 0.392. The maximum Gasteiger partial charge on any atom is 0.0946 e. The van der Waals surface area contributed by atoms with Crippen molar-refractivity contribution in [3.05, 3.63) is 36.7 Å². The lowest BCUT2D eigenvalue weighted by molar-refractivity contribution is 0.453. The van der Waals surface area contributed by atoms with Crippen LogP contribution >= 0.6 is 0 Å². The third-order valence-electron chi connectivity index (χ3n) is 3.38. The van der Waals surface area contributed by atoms with E-state index in [4.69, 9.17) is 0 Å². The van der Waals surface area contributed by atoms with Crippen LogP contribution in [-0.4, -0.2) is 25.4 Å². The minimum Gasteiger partial charge on any atom is -0.336 e. The van der Waals surface area contributed by atoms with Gasteiger partial charge >= 0.3 is 0 Å². The molecule has 0 saturated carbocycles. The number of nitrogens with one attached hydrogen (secondary N) is 1. The summed E-state index contributed by atoms with van der Waals surface area (Å²) in [6.45, 7) is 8.26. The minimum atomic E-state index is 0.392. The van der Waals surface area contributed by atoms with Crippen molar-refractivity contribution < 1.29 is 0 Å². The Kier molecular flexibility index (Phi) is 4.74. The van der Waals surface area contributed by atoms with E-state index in [0.29, 0.717) is 12.1 Å². The summed E-state index contributed by atoms with van der Waals surface area (Å²) in [6, 6.07) is 2.95. The van der Waals surface area contributed by atoms with E-state index in [-0.39, 0.29) is 0 Å². The summed E-state index contributed by atoms with van der Waals surface area (Å²) in [7, 11) is 0. The lowest BCUT2D eigenvalue weighted by Crippen LogP contribution is -2.29. The molecule has 2 aromatic heterocycles. The average molecular weight is 261 g/mol. The van der Waals surface area contributed by atoms with E-state index in [1.165, 1.54) is 0 Å². The van der Waals surface area contributed by atoms with E-state index in [2.05, 4.69) is 53.0 Å². The Morgan fingerprint density at radius 3 is 2.84 bits per heavy atom. The van der Waals surface area contributed by atoms with Crippen LogP contribution in [0.15, 0.2) is 31.0 Å². The molecule has 0 fully saturated rings. The van der Waals surface area contributed by atoms with Crippen LogP contribution in [0.1, 0.15) is 38.9 Å². The van der Waals surface area contributed by atoms with Crippen molar-refractivity contribution in [3.63, 3.8) is 0 Å². The van der Waals surface area contributed by atoms with Crippen molar-refractivity contribution in [2.45, 2.75) is 52.4 Å². The molecule has 2 atom stereocenters. The predicted molar refractivity (Wildman–Crippen MR) is 75.8 cm³/mol. The van der Waals surface area contributed by atoms with Gasteiger partial charge in [0.05, 0.1) is 12.0 Å². The van der Waals surface area contributed by atoms with Gasteiger partial charge in [0.15, 0.2) is 0 Å². The Morgan fingerprint density at radius 2 is 2.16 bits per heavy atom. The van der Waals surface area contributed by atoms with Gasteiger partial charge < -0.3 is 9.88 Å². The van der Waals surface area contributed by atoms with E-state index in [1.54, 1.807) is 6.20 Å².